The van der Waals surface area contributed by atoms with Crippen molar-refractivity contribution in [1.29, 1.82) is 0 Å². The van der Waals surface area contributed by atoms with Gasteiger partial charge in [-0.3, -0.25) is 0 Å². The van der Waals surface area contributed by atoms with Crippen LogP contribution in [0.2, 0.25) is 0 Å². The van der Waals surface area contributed by atoms with Gasteiger partial charge in [-0.25, -0.2) is 4.39 Å². The largest absolute Gasteiger partial charge is 0.361 e. The van der Waals surface area contributed by atoms with Crippen LogP contribution in [0.15, 0.2) is 34.9 Å². The maximum Gasteiger partial charge on any atom is 0.133 e. The molecule has 0 spiro atoms. The molecule has 16 heavy (non-hydrogen) atoms. The van der Waals surface area contributed by atoms with E-state index in [9.17, 15) is 4.39 Å². The van der Waals surface area contributed by atoms with E-state index < -0.39 is 0 Å². The van der Waals surface area contributed by atoms with E-state index in [2.05, 4.69) is 5.16 Å². The second-order valence-electron chi connectivity index (χ2n) is 3.55. The molecular weight excluding hydrogens is 225 g/mol. The van der Waals surface area contributed by atoms with Crippen LogP contribution < -0.4 is 0 Å². The number of halogens is 1. The molecule has 0 N–H and O–H groups in total. The van der Waals surface area contributed by atoms with E-state index in [0.717, 1.165) is 28.5 Å². The number of thioether (sulfide) groups is 1. The van der Waals surface area contributed by atoms with Gasteiger partial charge in [0.25, 0.3) is 0 Å². The summed E-state index contributed by atoms with van der Waals surface area (Å²) in [6, 6.07) is 8.57. The zero-order valence-electron chi connectivity index (χ0n) is 8.94. The summed E-state index contributed by atoms with van der Waals surface area (Å²) < 4.78 is 17.8. The summed E-state index contributed by atoms with van der Waals surface area (Å²) in [7, 11) is 0. The third-order valence-electron chi connectivity index (χ3n) is 2.08. The summed E-state index contributed by atoms with van der Waals surface area (Å²) in [6.07, 6.45) is 0. The standard InChI is InChI=1S/C12H12FNOS/c1-9-5-12(14-15-9)8-16-7-10-3-2-4-11(13)6-10/h2-6H,7-8H2,1H3. The van der Waals surface area contributed by atoms with Crippen LogP contribution in [0.4, 0.5) is 4.39 Å². The average Bonchev–Trinajstić information content (AvgIpc) is 2.64. The van der Waals surface area contributed by atoms with Crippen molar-refractivity contribution < 1.29 is 8.91 Å². The fourth-order valence-corrected chi connectivity index (χ4v) is 2.25. The van der Waals surface area contributed by atoms with Gasteiger partial charge in [-0.2, -0.15) is 11.8 Å². The minimum Gasteiger partial charge on any atom is -0.361 e. The minimum atomic E-state index is -0.185. The van der Waals surface area contributed by atoms with Crippen LogP contribution in [-0.4, -0.2) is 5.16 Å². The van der Waals surface area contributed by atoms with E-state index >= 15 is 0 Å². The molecule has 0 fully saturated rings. The first-order chi connectivity index (χ1) is 7.74. The Balaban J connectivity index is 1.84. The Kier molecular flexibility index (Phi) is 3.62. The first kappa shape index (κ1) is 11.2. The molecule has 1 aromatic heterocycles. The van der Waals surface area contributed by atoms with Gasteiger partial charge in [0.15, 0.2) is 0 Å². The van der Waals surface area contributed by atoms with Crippen LogP contribution in [0, 0.1) is 12.7 Å². The molecule has 0 bridgehead atoms. The summed E-state index contributed by atoms with van der Waals surface area (Å²) in [5.74, 6) is 2.20. The van der Waals surface area contributed by atoms with Crippen molar-refractivity contribution in [2.45, 2.75) is 18.4 Å². The van der Waals surface area contributed by atoms with Crippen molar-refractivity contribution in [3.05, 3.63) is 53.2 Å². The number of hydrogen-bond acceptors (Lipinski definition) is 3. The summed E-state index contributed by atoms with van der Waals surface area (Å²) in [5, 5.41) is 3.89. The molecule has 2 aromatic rings. The molecule has 1 aromatic carbocycles. The van der Waals surface area contributed by atoms with E-state index in [1.807, 2.05) is 19.1 Å². The lowest BCUT2D eigenvalue weighted by molar-refractivity contribution is 0.393. The van der Waals surface area contributed by atoms with Crippen molar-refractivity contribution in [2.24, 2.45) is 0 Å². The Bertz CT molecular complexity index is 470. The van der Waals surface area contributed by atoms with E-state index in [-0.39, 0.29) is 5.82 Å². The Morgan fingerprint density at radius 3 is 2.88 bits per heavy atom. The molecule has 84 valence electrons. The van der Waals surface area contributed by atoms with Crippen LogP contribution in [0.1, 0.15) is 17.0 Å². The predicted octanol–water partition coefficient (Wildman–Crippen LogP) is 3.56. The molecule has 0 saturated carbocycles. The number of aromatic nitrogens is 1. The molecule has 0 atom stereocenters. The number of hydrogen-bond donors (Lipinski definition) is 0. The minimum absolute atomic E-state index is 0.185. The molecule has 0 saturated heterocycles. The Morgan fingerprint density at radius 1 is 1.31 bits per heavy atom. The van der Waals surface area contributed by atoms with Gasteiger partial charge < -0.3 is 4.52 Å². The Hall–Kier alpha value is -1.29. The molecule has 0 unspecified atom stereocenters. The van der Waals surface area contributed by atoms with Crippen LogP contribution >= 0.6 is 11.8 Å². The van der Waals surface area contributed by atoms with Crippen LogP contribution in [-0.2, 0) is 11.5 Å². The highest BCUT2D eigenvalue weighted by Gasteiger charge is 2.01. The highest BCUT2D eigenvalue weighted by atomic mass is 32.2. The van der Waals surface area contributed by atoms with Gasteiger partial charge in [0, 0.05) is 17.6 Å². The van der Waals surface area contributed by atoms with Gasteiger partial charge in [-0.1, -0.05) is 17.3 Å². The highest BCUT2D eigenvalue weighted by molar-refractivity contribution is 7.97. The lowest BCUT2D eigenvalue weighted by Crippen LogP contribution is -1.84. The molecular formula is C12H12FNOS. The third kappa shape index (κ3) is 3.10. The second-order valence-corrected chi connectivity index (χ2v) is 4.54. The topological polar surface area (TPSA) is 26.0 Å². The zero-order valence-corrected chi connectivity index (χ0v) is 9.76. The molecule has 1 heterocycles. The second kappa shape index (κ2) is 5.16. The molecule has 0 amide bonds. The van der Waals surface area contributed by atoms with Gasteiger partial charge in [-0.15, -0.1) is 0 Å². The lowest BCUT2D eigenvalue weighted by Gasteiger charge is -1.99. The van der Waals surface area contributed by atoms with Crippen molar-refractivity contribution in [1.82, 2.24) is 5.16 Å². The molecule has 4 heteroatoms. The molecule has 0 aliphatic heterocycles. The normalized spacial score (nSPS) is 10.6. The number of aryl methyl sites for hydroxylation is 1. The number of nitrogens with zero attached hydrogens (tertiary/aromatic N) is 1. The van der Waals surface area contributed by atoms with E-state index in [4.69, 9.17) is 4.52 Å². The fourth-order valence-electron chi connectivity index (χ4n) is 1.39. The smallest absolute Gasteiger partial charge is 0.133 e. The summed E-state index contributed by atoms with van der Waals surface area (Å²) >= 11 is 1.69. The van der Waals surface area contributed by atoms with Gasteiger partial charge in [0.05, 0.1) is 5.69 Å². The molecule has 2 nitrogen and oxygen atoms in total. The van der Waals surface area contributed by atoms with Crippen molar-refractivity contribution in [3.8, 4) is 0 Å². The van der Waals surface area contributed by atoms with Crippen molar-refractivity contribution in [3.63, 3.8) is 0 Å². The maximum atomic E-state index is 12.9. The van der Waals surface area contributed by atoms with Crippen molar-refractivity contribution >= 4 is 11.8 Å². The SMILES string of the molecule is Cc1cc(CSCc2cccc(F)c2)no1. The maximum absolute atomic E-state index is 12.9. The number of rotatable bonds is 4. The zero-order chi connectivity index (χ0) is 11.4. The molecule has 0 radical (unpaired) electrons. The van der Waals surface area contributed by atoms with Gasteiger partial charge >= 0.3 is 0 Å². The van der Waals surface area contributed by atoms with Crippen molar-refractivity contribution in [2.75, 3.05) is 0 Å². The fraction of sp³-hybridized carbons (Fsp3) is 0.250. The third-order valence-corrected chi connectivity index (χ3v) is 3.12. The van der Waals surface area contributed by atoms with Gasteiger partial charge in [0.1, 0.15) is 11.6 Å². The molecule has 0 aliphatic carbocycles. The first-order valence-electron chi connectivity index (χ1n) is 4.98. The average molecular weight is 237 g/mol. The van der Waals surface area contributed by atoms with Crippen LogP contribution in [0.5, 0.6) is 0 Å². The molecule has 2 rings (SSSR count). The summed E-state index contributed by atoms with van der Waals surface area (Å²) in [5.41, 5.74) is 1.92. The van der Waals surface area contributed by atoms with Gasteiger partial charge in [0.2, 0.25) is 0 Å². The van der Waals surface area contributed by atoms with E-state index in [1.54, 1.807) is 23.9 Å². The summed E-state index contributed by atoms with van der Waals surface area (Å²) in [6.45, 7) is 1.87. The Morgan fingerprint density at radius 2 is 2.19 bits per heavy atom. The van der Waals surface area contributed by atoms with Crippen LogP contribution in [0.3, 0.4) is 0 Å². The quantitative estimate of drug-likeness (QED) is 0.813. The van der Waals surface area contributed by atoms with Crippen LogP contribution in [0.25, 0.3) is 0 Å². The number of benzene rings is 1. The molecule has 0 aliphatic rings. The predicted molar refractivity (Wildman–Crippen MR) is 62.6 cm³/mol. The first-order valence-corrected chi connectivity index (χ1v) is 6.14. The van der Waals surface area contributed by atoms with E-state index in [1.165, 1.54) is 6.07 Å². The summed E-state index contributed by atoms with van der Waals surface area (Å²) in [4.78, 5) is 0. The lowest BCUT2D eigenvalue weighted by atomic mass is 10.2. The highest BCUT2D eigenvalue weighted by Crippen LogP contribution is 2.18. The van der Waals surface area contributed by atoms with Gasteiger partial charge in [-0.05, 0) is 24.6 Å². The Labute approximate surface area is 97.8 Å². The van der Waals surface area contributed by atoms with E-state index in [0.29, 0.717) is 0 Å². The monoisotopic (exact) mass is 237 g/mol.